The van der Waals surface area contributed by atoms with Crippen molar-refractivity contribution in [2.24, 2.45) is 0 Å². The molecule has 3 aromatic rings. The second-order valence-corrected chi connectivity index (χ2v) is 7.13. The number of nitrogens with zero attached hydrogens (tertiary/aromatic N) is 3. The maximum absolute atomic E-state index is 12.7. The maximum atomic E-state index is 12.7. The quantitative estimate of drug-likeness (QED) is 0.275. The van der Waals surface area contributed by atoms with E-state index in [0.717, 1.165) is 5.56 Å². The number of thioether (sulfide) groups is 1. The highest BCUT2D eigenvalue weighted by Gasteiger charge is 2.18. The molecule has 1 heterocycles. The number of para-hydroxylation sites is 1. The minimum Gasteiger partial charge on any atom is -0.496 e. The summed E-state index contributed by atoms with van der Waals surface area (Å²) in [5, 5.41) is 9.25. The number of aromatic nitrogens is 3. The molecule has 8 heteroatoms. The van der Waals surface area contributed by atoms with Crippen LogP contribution in [0.2, 0.25) is 0 Å². The van der Waals surface area contributed by atoms with E-state index in [1.54, 1.807) is 38.5 Å². The summed E-state index contributed by atoms with van der Waals surface area (Å²) in [7, 11) is 4.71. The summed E-state index contributed by atoms with van der Waals surface area (Å²) in [6.45, 7) is 4.33. The first-order valence-corrected chi connectivity index (χ1v) is 10.2. The predicted molar refractivity (Wildman–Crippen MR) is 117 cm³/mol. The molecule has 0 N–H and O–H groups in total. The molecule has 0 unspecified atom stereocenters. The Labute approximate surface area is 179 Å². The van der Waals surface area contributed by atoms with Gasteiger partial charge in [0.05, 0.1) is 32.6 Å². The fraction of sp³-hybridized carbons (Fsp3) is 0.227. The molecule has 0 atom stereocenters. The molecule has 0 amide bonds. The van der Waals surface area contributed by atoms with Crippen LogP contribution in [-0.4, -0.2) is 47.6 Å². The molecule has 156 valence electrons. The van der Waals surface area contributed by atoms with Gasteiger partial charge in [-0.05, 0) is 30.3 Å². The van der Waals surface area contributed by atoms with Crippen LogP contribution in [0, 0.1) is 0 Å². The van der Waals surface area contributed by atoms with Gasteiger partial charge in [-0.1, -0.05) is 30.0 Å². The largest absolute Gasteiger partial charge is 0.496 e. The van der Waals surface area contributed by atoms with Crippen LogP contribution in [0.3, 0.4) is 0 Å². The van der Waals surface area contributed by atoms with Gasteiger partial charge in [0.15, 0.2) is 28.3 Å². The van der Waals surface area contributed by atoms with Crippen molar-refractivity contribution < 1.29 is 19.0 Å². The number of Topliss-reactive ketones (excluding diaryl/α,β-unsaturated/α-hetero) is 1. The Morgan fingerprint density at radius 2 is 1.77 bits per heavy atom. The van der Waals surface area contributed by atoms with Gasteiger partial charge in [-0.2, -0.15) is 0 Å². The number of carbonyl (C=O) groups is 1. The zero-order valence-electron chi connectivity index (χ0n) is 17.1. The van der Waals surface area contributed by atoms with Crippen molar-refractivity contribution >= 4 is 17.5 Å². The Balaban J connectivity index is 1.83. The third-order valence-corrected chi connectivity index (χ3v) is 5.38. The van der Waals surface area contributed by atoms with Crippen molar-refractivity contribution in [2.45, 2.75) is 11.7 Å². The lowest BCUT2D eigenvalue weighted by atomic mass is 10.1. The first-order chi connectivity index (χ1) is 14.6. The zero-order valence-corrected chi connectivity index (χ0v) is 17.9. The van der Waals surface area contributed by atoms with E-state index >= 15 is 0 Å². The third kappa shape index (κ3) is 4.49. The van der Waals surface area contributed by atoms with E-state index in [4.69, 9.17) is 14.2 Å². The van der Waals surface area contributed by atoms with Crippen molar-refractivity contribution in [2.75, 3.05) is 27.1 Å². The SMILES string of the molecule is C=CCn1c(SCC(=O)c2ccc(OC)c(OC)c2)nnc1-c1ccccc1OC. The van der Waals surface area contributed by atoms with Crippen molar-refractivity contribution in [1.29, 1.82) is 0 Å². The van der Waals surface area contributed by atoms with Crippen molar-refractivity contribution in [3.05, 3.63) is 60.7 Å². The highest BCUT2D eigenvalue weighted by molar-refractivity contribution is 7.99. The van der Waals surface area contributed by atoms with Crippen LogP contribution < -0.4 is 14.2 Å². The van der Waals surface area contributed by atoms with E-state index in [2.05, 4.69) is 16.8 Å². The fourth-order valence-electron chi connectivity index (χ4n) is 2.94. The molecule has 0 aliphatic carbocycles. The number of methoxy groups -OCH3 is 3. The van der Waals surface area contributed by atoms with Gasteiger partial charge < -0.3 is 14.2 Å². The topological polar surface area (TPSA) is 75.5 Å². The number of benzene rings is 2. The second kappa shape index (κ2) is 9.98. The summed E-state index contributed by atoms with van der Waals surface area (Å²) in [6, 6.07) is 12.7. The van der Waals surface area contributed by atoms with Crippen LogP contribution in [-0.2, 0) is 6.54 Å². The molecule has 1 aromatic heterocycles. The van der Waals surface area contributed by atoms with E-state index in [1.165, 1.54) is 18.9 Å². The van der Waals surface area contributed by atoms with Gasteiger partial charge in [-0.3, -0.25) is 9.36 Å². The number of hydrogen-bond acceptors (Lipinski definition) is 7. The Morgan fingerprint density at radius 1 is 1.03 bits per heavy atom. The number of hydrogen-bond donors (Lipinski definition) is 0. The molecule has 0 aliphatic rings. The molecule has 3 rings (SSSR count). The lowest BCUT2D eigenvalue weighted by molar-refractivity contribution is 0.102. The molecule has 0 saturated carbocycles. The Kier molecular flexibility index (Phi) is 7.13. The highest BCUT2D eigenvalue weighted by Crippen LogP contribution is 2.32. The molecule has 0 saturated heterocycles. The molecule has 0 bridgehead atoms. The van der Waals surface area contributed by atoms with E-state index in [-0.39, 0.29) is 11.5 Å². The zero-order chi connectivity index (χ0) is 21.5. The van der Waals surface area contributed by atoms with Gasteiger partial charge in [0.1, 0.15) is 5.75 Å². The van der Waals surface area contributed by atoms with Crippen LogP contribution in [0.5, 0.6) is 17.2 Å². The molecular weight excluding hydrogens is 402 g/mol. The Bertz CT molecular complexity index is 1050. The molecule has 2 aromatic carbocycles. The lowest BCUT2D eigenvalue weighted by Crippen LogP contribution is -2.06. The highest BCUT2D eigenvalue weighted by atomic mass is 32.2. The second-order valence-electron chi connectivity index (χ2n) is 6.19. The minimum absolute atomic E-state index is 0.0482. The first kappa shape index (κ1) is 21.4. The number of carbonyl (C=O) groups excluding carboxylic acids is 1. The average molecular weight is 426 g/mol. The van der Waals surface area contributed by atoms with Crippen LogP contribution in [0.4, 0.5) is 0 Å². The van der Waals surface area contributed by atoms with E-state index in [9.17, 15) is 4.79 Å². The van der Waals surface area contributed by atoms with E-state index in [0.29, 0.717) is 40.3 Å². The molecule has 7 nitrogen and oxygen atoms in total. The van der Waals surface area contributed by atoms with Crippen molar-refractivity contribution in [3.8, 4) is 28.6 Å². The Morgan fingerprint density at radius 3 is 2.47 bits per heavy atom. The van der Waals surface area contributed by atoms with Crippen molar-refractivity contribution in [1.82, 2.24) is 14.8 Å². The molecular formula is C22H23N3O4S. The average Bonchev–Trinajstić information content (AvgIpc) is 3.19. The van der Waals surface area contributed by atoms with Gasteiger partial charge in [0.2, 0.25) is 0 Å². The number of ether oxygens (including phenoxy) is 3. The molecule has 30 heavy (non-hydrogen) atoms. The monoisotopic (exact) mass is 425 g/mol. The number of rotatable bonds is 10. The van der Waals surface area contributed by atoms with Gasteiger partial charge in [-0.15, -0.1) is 16.8 Å². The summed E-state index contributed by atoms with van der Waals surface area (Å²) in [5.74, 6) is 2.61. The third-order valence-electron chi connectivity index (χ3n) is 4.41. The summed E-state index contributed by atoms with van der Waals surface area (Å²) in [4.78, 5) is 12.7. The van der Waals surface area contributed by atoms with E-state index in [1.807, 2.05) is 28.8 Å². The maximum Gasteiger partial charge on any atom is 0.192 e. The smallest absolute Gasteiger partial charge is 0.192 e. The Hall–Kier alpha value is -3.26. The first-order valence-electron chi connectivity index (χ1n) is 9.18. The normalized spacial score (nSPS) is 10.5. The van der Waals surface area contributed by atoms with Gasteiger partial charge in [0, 0.05) is 12.1 Å². The number of ketones is 1. The lowest BCUT2D eigenvalue weighted by Gasteiger charge is -2.11. The fourth-order valence-corrected chi connectivity index (χ4v) is 3.78. The molecule has 0 aliphatic heterocycles. The molecule has 0 radical (unpaired) electrons. The van der Waals surface area contributed by atoms with Crippen molar-refractivity contribution in [3.63, 3.8) is 0 Å². The summed E-state index contributed by atoms with van der Waals surface area (Å²) >= 11 is 1.32. The van der Waals surface area contributed by atoms with E-state index < -0.39 is 0 Å². The standard InChI is InChI=1S/C22H23N3O4S/c1-5-12-25-21(16-8-6-7-9-18(16)27-2)23-24-22(25)30-14-17(26)15-10-11-19(28-3)20(13-15)29-4/h5-11,13H,1,12,14H2,2-4H3. The summed E-state index contributed by atoms with van der Waals surface area (Å²) in [5.41, 5.74) is 1.37. The van der Waals surface area contributed by atoms with Crippen LogP contribution >= 0.6 is 11.8 Å². The van der Waals surface area contributed by atoms with Gasteiger partial charge >= 0.3 is 0 Å². The van der Waals surface area contributed by atoms with Gasteiger partial charge in [0.25, 0.3) is 0 Å². The predicted octanol–water partition coefficient (Wildman–Crippen LogP) is 4.13. The van der Waals surface area contributed by atoms with Crippen LogP contribution in [0.1, 0.15) is 10.4 Å². The van der Waals surface area contributed by atoms with Crippen LogP contribution in [0.25, 0.3) is 11.4 Å². The summed E-state index contributed by atoms with van der Waals surface area (Å²) < 4.78 is 17.9. The van der Waals surface area contributed by atoms with Crippen LogP contribution in [0.15, 0.2) is 60.3 Å². The summed E-state index contributed by atoms with van der Waals surface area (Å²) in [6.07, 6.45) is 1.77. The van der Waals surface area contributed by atoms with Gasteiger partial charge in [-0.25, -0.2) is 0 Å². The minimum atomic E-state index is -0.0482. The molecule has 0 spiro atoms. The molecule has 0 fully saturated rings. The number of allylic oxidation sites excluding steroid dienone is 1.